The highest BCUT2D eigenvalue weighted by Crippen LogP contribution is 2.23. The number of hydrogen-bond acceptors (Lipinski definition) is 6. The third kappa shape index (κ3) is 4.12. The van der Waals surface area contributed by atoms with Crippen molar-refractivity contribution in [3.05, 3.63) is 10.6 Å². The van der Waals surface area contributed by atoms with Crippen LogP contribution in [-0.2, 0) is 9.84 Å². The molecule has 1 aromatic heterocycles. The predicted octanol–water partition coefficient (Wildman–Crippen LogP) is 1.34. The van der Waals surface area contributed by atoms with Gasteiger partial charge in [0.1, 0.15) is 0 Å². The lowest BCUT2D eigenvalue weighted by Crippen LogP contribution is -2.42. The number of carbonyl (C=O) groups is 1. The number of nitrogens with one attached hydrogen (secondary N) is 2. The van der Waals surface area contributed by atoms with Crippen LogP contribution in [0.15, 0.2) is 0 Å². The SMILES string of the molecule is CC(=O)c1sc(NC(=S)N[C@@H]2CS(=O)(=O)C[C@@H]2Cl)nc1C. The van der Waals surface area contributed by atoms with Gasteiger partial charge in [0.2, 0.25) is 0 Å². The minimum atomic E-state index is -3.12. The zero-order valence-electron chi connectivity index (χ0n) is 11.3. The average molecular weight is 368 g/mol. The lowest BCUT2D eigenvalue weighted by Gasteiger charge is -2.16. The lowest BCUT2D eigenvalue weighted by molar-refractivity contribution is 0.102. The third-order valence-corrected chi connectivity index (χ3v) is 6.71. The normalized spacial score (nSPS) is 23.8. The molecule has 1 aromatic rings. The molecule has 10 heteroatoms. The van der Waals surface area contributed by atoms with E-state index in [0.717, 1.165) is 0 Å². The van der Waals surface area contributed by atoms with Crippen LogP contribution in [0.25, 0.3) is 0 Å². The molecule has 0 saturated carbocycles. The zero-order valence-corrected chi connectivity index (χ0v) is 14.5. The molecule has 0 aromatic carbocycles. The van der Waals surface area contributed by atoms with Crippen molar-refractivity contribution in [1.82, 2.24) is 10.3 Å². The van der Waals surface area contributed by atoms with Gasteiger partial charge in [-0.15, -0.1) is 11.6 Å². The number of aromatic nitrogens is 1. The smallest absolute Gasteiger partial charge is 0.189 e. The summed E-state index contributed by atoms with van der Waals surface area (Å²) >= 11 is 12.3. The molecule has 6 nitrogen and oxygen atoms in total. The molecule has 2 heterocycles. The van der Waals surface area contributed by atoms with Gasteiger partial charge in [0, 0.05) is 6.92 Å². The van der Waals surface area contributed by atoms with Gasteiger partial charge in [-0.3, -0.25) is 4.79 Å². The molecular weight excluding hydrogens is 354 g/mol. The van der Waals surface area contributed by atoms with E-state index in [4.69, 9.17) is 23.8 Å². The first-order valence-electron chi connectivity index (χ1n) is 6.08. The summed E-state index contributed by atoms with van der Waals surface area (Å²) < 4.78 is 23.0. The summed E-state index contributed by atoms with van der Waals surface area (Å²) in [5.74, 6) is -0.155. The average Bonchev–Trinajstić information content (AvgIpc) is 2.79. The molecule has 0 amide bonds. The largest absolute Gasteiger partial charge is 0.357 e. The summed E-state index contributed by atoms with van der Waals surface area (Å²) in [6.45, 7) is 3.22. The number of thiocarbonyl (C=S) groups is 1. The summed E-state index contributed by atoms with van der Waals surface area (Å²) in [5, 5.41) is 5.95. The second-order valence-corrected chi connectivity index (χ2v) is 8.91. The number of aryl methyl sites for hydroxylation is 1. The minimum absolute atomic E-state index is 0.0431. The molecule has 2 N–H and O–H groups in total. The van der Waals surface area contributed by atoms with E-state index in [0.29, 0.717) is 15.7 Å². The standard InChI is InChI=1S/C11H14ClN3O3S3/c1-5-9(6(2)16)20-11(13-5)15-10(19)14-8-4-21(17,18)3-7(8)12/h7-8H,3-4H2,1-2H3,(H2,13,14,15,19)/t7-,8+/m0/s1. The van der Waals surface area contributed by atoms with Crippen molar-refractivity contribution in [2.24, 2.45) is 0 Å². The van der Waals surface area contributed by atoms with Crippen LogP contribution >= 0.6 is 35.2 Å². The highest BCUT2D eigenvalue weighted by Gasteiger charge is 2.36. The number of rotatable bonds is 3. The van der Waals surface area contributed by atoms with E-state index in [9.17, 15) is 13.2 Å². The van der Waals surface area contributed by atoms with E-state index in [-0.39, 0.29) is 22.4 Å². The van der Waals surface area contributed by atoms with E-state index in [1.807, 2.05) is 0 Å². The van der Waals surface area contributed by atoms with Crippen LogP contribution in [-0.4, -0.2) is 47.2 Å². The van der Waals surface area contributed by atoms with Crippen molar-refractivity contribution in [3.8, 4) is 0 Å². The molecule has 0 radical (unpaired) electrons. The van der Waals surface area contributed by atoms with Gasteiger partial charge in [0.25, 0.3) is 0 Å². The Hall–Kier alpha value is -0.770. The predicted molar refractivity (Wildman–Crippen MR) is 88.3 cm³/mol. The Morgan fingerprint density at radius 3 is 2.62 bits per heavy atom. The molecule has 0 unspecified atom stereocenters. The number of alkyl halides is 1. The summed E-state index contributed by atoms with van der Waals surface area (Å²) in [6.07, 6.45) is 0. The maximum absolute atomic E-state index is 11.5. The van der Waals surface area contributed by atoms with Crippen LogP contribution in [0, 0.1) is 6.92 Å². The number of Topliss-reactive ketones (excluding diaryl/α,β-unsaturated/α-hetero) is 1. The van der Waals surface area contributed by atoms with Crippen LogP contribution < -0.4 is 10.6 Å². The quantitative estimate of drug-likeness (QED) is 0.473. The Bertz CT molecular complexity index is 686. The topological polar surface area (TPSA) is 88.2 Å². The van der Waals surface area contributed by atoms with Crippen molar-refractivity contribution in [3.63, 3.8) is 0 Å². The van der Waals surface area contributed by atoms with Crippen LogP contribution in [0.2, 0.25) is 0 Å². The summed E-state index contributed by atoms with van der Waals surface area (Å²) in [6, 6.07) is -0.426. The highest BCUT2D eigenvalue weighted by atomic mass is 35.5. The Morgan fingerprint density at radius 2 is 2.14 bits per heavy atom. The molecular formula is C11H14ClN3O3S3. The van der Waals surface area contributed by atoms with E-state index in [1.54, 1.807) is 6.92 Å². The van der Waals surface area contributed by atoms with Crippen molar-refractivity contribution in [1.29, 1.82) is 0 Å². The number of ketones is 1. The molecule has 1 aliphatic heterocycles. The highest BCUT2D eigenvalue weighted by molar-refractivity contribution is 7.91. The minimum Gasteiger partial charge on any atom is -0.357 e. The molecule has 0 spiro atoms. The summed E-state index contributed by atoms with van der Waals surface area (Å²) in [4.78, 5) is 16.1. The maximum Gasteiger partial charge on any atom is 0.189 e. The molecule has 1 aliphatic rings. The molecule has 1 fully saturated rings. The first-order chi connectivity index (χ1) is 9.68. The maximum atomic E-state index is 11.5. The van der Waals surface area contributed by atoms with Crippen molar-refractivity contribution < 1.29 is 13.2 Å². The number of thiazole rings is 1. The van der Waals surface area contributed by atoms with Crippen LogP contribution in [0.4, 0.5) is 5.13 Å². The molecule has 21 heavy (non-hydrogen) atoms. The summed E-state index contributed by atoms with van der Waals surface area (Å²) in [7, 11) is -3.12. The number of sulfone groups is 1. The summed E-state index contributed by atoms with van der Waals surface area (Å²) in [5.41, 5.74) is 0.636. The van der Waals surface area contributed by atoms with Crippen LogP contribution in [0.3, 0.4) is 0 Å². The Balaban J connectivity index is 1.99. The van der Waals surface area contributed by atoms with E-state index >= 15 is 0 Å². The van der Waals surface area contributed by atoms with Gasteiger partial charge in [-0.2, -0.15) is 0 Å². The van der Waals surface area contributed by atoms with Gasteiger partial charge >= 0.3 is 0 Å². The monoisotopic (exact) mass is 367 g/mol. The molecule has 0 bridgehead atoms. The number of halogens is 1. The fourth-order valence-electron chi connectivity index (χ4n) is 2.01. The molecule has 2 atom stereocenters. The van der Waals surface area contributed by atoms with Gasteiger partial charge < -0.3 is 10.6 Å². The van der Waals surface area contributed by atoms with E-state index in [2.05, 4.69) is 15.6 Å². The fourth-order valence-corrected chi connectivity index (χ4v) is 5.74. The third-order valence-electron chi connectivity index (χ3n) is 2.94. The number of anilines is 1. The van der Waals surface area contributed by atoms with Crippen molar-refractivity contribution in [2.45, 2.75) is 25.3 Å². The first kappa shape index (κ1) is 16.6. The number of carbonyl (C=O) groups excluding carboxylic acids is 1. The second kappa shape index (κ2) is 6.15. The second-order valence-electron chi connectivity index (χ2n) is 4.79. The van der Waals surface area contributed by atoms with Gasteiger partial charge in [-0.1, -0.05) is 11.3 Å². The number of hydrogen-bond donors (Lipinski definition) is 2. The van der Waals surface area contributed by atoms with Crippen LogP contribution in [0.1, 0.15) is 22.3 Å². The van der Waals surface area contributed by atoms with Gasteiger partial charge in [0.15, 0.2) is 25.9 Å². The molecule has 1 saturated heterocycles. The Morgan fingerprint density at radius 1 is 1.48 bits per heavy atom. The first-order valence-corrected chi connectivity index (χ1v) is 9.56. The van der Waals surface area contributed by atoms with Crippen molar-refractivity contribution in [2.75, 3.05) is 16.8 Å². The fraction of sp³-hybridized carbons (Fsp3) is 0.545. The Kier molecular flexibility index (Phi) is 4.86. The molecule has 2 rings (SSSR count). The van der Waals surface area contributed by atoms with Crippen molar-refractivity contribution >= 4 is 61.0 Å². The lowest BCUT2D eigenvalue weighted by atomic mass is 10.3. The molecule has 116 valence electrons. The van der Waals surface area contributed by atoms with E-state index < -0.39 is 21.3 Å². The van der Waals surface area contributed by atoms with Gasteiger partial charge in [-0.25, -0.2) is 13.4 Å². The van der Waals surface area contributed by atoms with Crippen LogP contribution in [0.5, 0.6) is 0 Å². The molecule has 0 aliphatic carbocycles. The van der Waals surface area contributed by atoms with Gasteiger partial charge in [-0.05, 0) is 19.1 Å². The zero-order chi connectivity index (χ0) is 15.8. The Labute approximate surface area is 137 Å². The number of nitrogens with zero attached hydrogens (tertiary/aromatic N) is 1. The van der Waals surface area contributed by atoms with Gasteiger partial charge in [0.05, 0.1) is 33.5 Å². The van der Waals surface area contributed by atoms with E-state index in [1.165, 1.54) is 18.3 Å².